The van der Waals surface area contributed by atoms with E-state index in [1.54, 1.807) is 0 Å². The number of aryl methyl sites for hydroxylation is 1. The van der Waals surface area contributed by atoms with Gasteiger partial charge in [-0.2, -0.15) is 0 Å². The molecule has 0 aromatic heterocycles. The first-order valence-corrected chi connectivity index (χ1v) is 5.75. The third-order valence-corrected chi connectivity index (χ3v) is 2.94. The van der Waals surface area contributed by atoms with Crippen molar-refractivity contribution >= 4 is 17.3 Å². The molecule has 2 rings (SSSR count). The number of carbonyl (C=O) groups is 1. The van der Waals surface area contributed by atoms with E-state index in [1.807, 2.05) is 12.1 Å². The minimum Gasteiger partial charge on any atom is -0.367 e. The molecule has 0 saturated carbocycles. The monoisotopic (exact) mass is 218 g/mol. The predicted molar refractivity (Wildman–Crippen MR) is 66.9 cm³/mol. The van der Waals surface area contributed by atoms with Crippen molar-refractivity contribution in [1.29, 1.82) is 0 Å². The van der Waals surface area contributed by atoms with Gasteiger partial charge in [-0.25, -0.2) is 0 Å². The van der Waals surface area contributed by atoms with Gasteiger partial charge < -0.3 is 10.2 Å². The maximum absolute atomic E-state index is 11.6. The molecule has 1 aliphatic heterocycles. The zero-order chi connectivity index (χ0) is 11.7. The molecule has 0 radical (unpaired) electrons. The highest BCUT2D eigenvalue weighted by Gasteiger charge is 2.20. The topological polar surface area (TPSA) is 32.3 Å². The maximum atomic E-state index is 11.6. The third-order valence-electron chi connectivity index (χ3n) is 2.94. The second-order valence-corrected chi connectivity index (χ2v) is 4.61. The largest absolute Gasteiger partial charge is 0.367 e. The molecular formula is C13H18N2O. The molecule has 1 aromatic carbocycles. The Labute approximate surface area is 96.5 Å². The molecule has 1 amide bonds. The van der Waals surface area contributed by atoms with E-state index < -0.39 is 0 Å². The smallest absolute Gasteiger partial charge is 0.226 e. The number of hydrogen-bond acceptors (Lipinski definition) is 2. The van der Waals surface area contributed by atoms with Crippen LogP contribution in [0.15, 0.2) is 18.2 Å². The molecule has 16 heavy (non-hydrogen) atoms. The zero-order valence-electron chi connectivity index (χ0n) is 10.1. The lowest BCUT2D eigenvalue weighted by Gasteiger charge is -2.28. The molecule has 86 valence electrons. The van der Waals surface area contributed by atoms with Crippen molar-refractivity contribution in [3.63, 3.8) is 0 Å². The molecule has 3 nitrogen and oxygen atoms in total. The predicted octanol–water partition coefficient (Wildman–Crippen LogP) is 2.55. The maximum Gasteiger partial charge on any atom is 0.226 e. The van der Waals surface area contributed by atoms with Crippen molar-refractivity contribution in [2.45, 2.75) is 33.2 Å². The van der Waals surface area contributed by atoms with Gasteiger partial charge in [-0.05, 0) is 38.5 Å². The number of carbonyl (C=O) groups excluding carboxylic acids is 1. The Morgan fingerprint density at radius 3 is 2.81 bits per heavy atom. The van der Waals surface area contributed by atoms with Crippen LogP contribution >= 0.6 is 0 Å². The Morgan fingerprint density at radius 2 is 2.12 bits per heavy atom. The van der Waals surface area contributed by atoms with Crippen molar-refractivity contribution in [1.82, 2.24) is 0 Å². The van der Waals surface area contributed by atoms with Gasteiger partial charge in [0.05, 0.1) is 11.4 Å². The molecule has 1 aromatic rings. The van der Waals surface area contributed by atoms with Crippen LogP contribution in [0.25, 0.3) is 0 Å². The molecule has 0 atom stereocenters. The SMILES string of the molecule is Cc1ccc2c(c1)N(C(C)C)CCC(=O)N2. The molecule has 0 bridgehead atoms. The molecule has 0 unspecified atom stereocenters. The number of amides is 1. The van der Waals surface area contributed by atoms with Gasteiger partial charge in [0.2, 0.25) is 5.91 Å². The summed E-state index contributed by atoms with van der Waals surface area (Å²) in [6.45, 7) is 7.18. The van der Waals surface area contributed by atoms with Gasteiger partial charge in [-0.15, -0.1) is 0 Å². The summed E-state index contributed by atoms with van der Waals surface area (Å²) in [4.78, 5) is 13.8. The Morgan fingerprint density at radius 1 is 1.38 bits per heavy atom. The number of nitrogens with zero attached hydrogens (tertiary/aromatic N) is 1. The van der Waals surface area contributed by atoms with Gasteiger partial charge in [0.15, 0.2) is 0 Å². The lowest BCUT2D eigenvalue weighted by Crippen LogP contribution is -2.31. The van der Waals surface area contributed by atoms with E-state index in [0.717, 1.165) is 17.9 Å². The van der Waals surface area contributed by atoms with Crippen molar-refractivity contribution in [3.05, 3.63) is 23.8 Å². The summed E-state index contributed by atoms with van der Waals surface area (Å²) < 4.78 is 0. The number of fused-ring (bicyclic) bond motifs is 1. The summed E-state index contributed by atoms with van der Waals surface area (Å²) in [6.07, 6.45) is 0.561. The summed E-state index contributed by atoms with van der Waals surface area (Å²) in [5.74, 6) is 0.105. The molecule has 1 heterocycles. The summed E-state index contributed by atoms with van der Waals surface area (Å²) in [7, 11) is 0. The normalized spacial score (nSPS) is 15.8. The molecule has 1 aliphatic rings. The van der Waals surface area contributed by atoms with Gasteiger partial charge in [-0.3, -0.25) is 4.79 Å². The van der Waals surface area contributed by atoms with Crippen LogP contribution in [0.2, 0.25) is 0 Å². The van der Waals surface area contributed by atoms with E-state index in [0.29, 0.717) is 12.5 Å². The van der Waals surface area contributed by atoms with Crippen LogP contribution in [0.1, 0.15) is 25.8 Å². The summed E-state index contributed by atoms with van der Waals surface area (Å²) >= 11 is 0. The quantitative estimate of drug-likeness (QED) is 0.785. The second-order valence-electron chi connectivity index (χ2n) is 4.61. The first-order valence-electron chi connectivity index (χ1n) is 5.75. The first kappa shape index (κ1) is 11.0. The first-order chi connectivity index (χ1) is 7.58. The van der Waals surface area contributed by atoms with Crippen molar-refractivity contribution < 1.29 is 4.79 Å². The average Bonchev–Trinajstić information content (AvgIpc) is 2.36. The van der Waals surface area contributed by atoms with E-state index in [2.05, 4.69) is 37.1 Å². The van der Waals surface area contributed by atoms with Gasteiger partial charge in [0.1, 0.15) is 0 Å². The molecule has 3 heteroatoms. The van der Waals surface area contributed by atoms with Crippen molar-refractivity contribution in [2.24, 2.45) is 0 Å². The Kier molecular flexibility index (Phi) is 2.86. The third kappa shape index (κ3) is 2.03. The fourth-order valence-corrected chi connectivity index (χ4v) is 2.08. The van der Waals surface area contributed by atoms with Crippen LogP contribution in [-0.4, -0.2) is 18.5 Å². The van der Waals surface area contributed by atoms with E-state index in [4.69, 9.17) is 0 Å². The Hall–Kier alpha value is -1.51. The van der Waals surface area contributed by atoms with E-state index in [1.165, 1.54) is 5.56 Å². The van der Waals surface area contributed by atoms with Crippen LogP contribution in [0, 0.1) is 6.92 Å². The van der Waals surface area contributed by atoms with E-state index in [-0.39, 0.29) is 5.91 Å². The molecular weight excluding hydrogens is 200 g/mol. The summed E-state index contributed by atoms with van der Waals surface area (Å²) in [6, 6.07) is 6.57. The highest BCUT2D eigenvalue weighted by Crippen LogP contribution is 2.31. The van der Waals surface area contributed by atoms with Crippen LogP contribution in [0.4, 0.5) is 11.4 Å². The van der Waals surface area contributed by atoms with E-state index in [9.17, 15) is 4.79 Å². The van der Waals surface area contributed by atoms with Gasteiger partial charge >= 0.3 is 0 Å². The summed E-state index contributed by atoms with van der Waals surface area (Å²) in [5, 5.41) is 2.95. The fraction of sp³-hybridized carbons (Fsp3) is 0.462. The minimum atomic E-state index is 0.105. The van der Waals surface area contributed by atoms with Crippen molar-refractivity contribution in [2.75, 3.05) is 16.8 Å². The standard InChI is InChI=1S/C13H18N2O/c1-9(2)15-7-6-13(16)14-11-5-4-10(3)8-12(11)15/h4-5,8-9H,6-7H2,1-3H3,(H,14,16). The Balaban J connectivity index is 2.47. The molecule has 1 N–H and O–H groups in total. The fourth-order valence-electron chi connectivity index (χ4n) is 2.08. The lowest BCUT2D eigenvalue weighted by molar-refractivity contribution is -0.115. The van der Waals surface area contributed by atoms with Crippen LogP contribution in [-0.2, 0) is 4.79 Å². The lowest BCUT2D eigenvalue weighted by atomic mass is 10.1. The number of anilines is 2. The summed E-state index contributed by atoms with van der Waals surface area (Å²) in [5.41, 5.74) is 3.29. The molecule has 0 spiro atoms. The number of nitrogens with one attached hydrogen (secondary N) is 1. The molecule has 0 aliphatic carbocycles. The number of hydrogen-bond donors (Lipinski definition) is 1. The minimum absolute atomic E-state index is 0.105. The number of rotatable bonds is 1. The van der Waals surface area contributed by atoms with Gasteiger partial charge in [-0.1, -0.05) is 6.07 Å². The molecule has 0 saturated heterocycles. The Bertz CT molecular complexity index is 412. The van der Waals surface area contributed by atoms with Crippen molar-refractivity contribution in [3.8, 4) is 0 Å². The van der Waals surface area contributed by atoms with Gasteiger partial charge in [0.25, 0.3) is 0 Å². The highest BCUT2D eigenvalue weighted by molar-refractivity contribution is 5.96. The van der Waals surface area contributed by atoms with Gasteiger partial charge in [0, 0.05) is 19.0 Å². The zero-order valence-corrected chi connectivity index (χ0v) is 10.1. The number of benzene rings is 1. The second kappa shape index (κ2) is 4.16. The average molecular weight is 218 g/mol. The van der Waals surface area contributed by atoms with Crippen LogP contribution in [0.5, 0.6) is 0 Å². The van der Waals surface area contributed by atoms with Crippen LogP contribution < -0.4 is 10.2 Å². The molecule has 0 fully saturated rings. The highest BCUT2D eigenvalue weighted by atomic mass is 16.1. The van der Waals surface area contributed by atoms with Crippen LogP contribution in [0.3, 0.4) is 0 Å². The van der Waals surface area contributed by atoms with E-state index >= 15 is 0 Å².